The molecule has 26 heavy (non-hydrogen) atoms. The second-order valence-electron chi connectivity index (χ2n) is 9.48. The molecule has 4 fully saturated rings. The molecule has 0 radical (unpaired) electrons. The fourth-order valence-corrected chi connectivity index (χ4v) is 7.05. The van der Waals surface area contributed by atoms with E-state index in [1.165, 1.54) is 71.0 Å². The highest BCUT2D eigenvalue weighted by Crippen LogP contribution is 2.48. The Morgan fingerprint density at radius 1 is 1.00 bits per heavy atom. The van der Waals surface area contributed by atoms with Crippen molar-refractivity contribution in [1.82, 2.24) is 14.7 Å². The summed E-state index contributed by atoms with van der Waals surface area (Å²) in [5.74, 6) is 1.90. The van der Waals surface area contributed by atoms with E-state index in [4.69, 9.17) is 0 Å². The standard InChI is InChI=1S/C22H35N3O/c1-16(26)23-11-6-7-17(14-23)22-19-13-18(20-8-3-5-12-25(20)22)15-24-10-4-2-9-21(19)24/h14,18-22H,2-13,15H2,1H3/t18-,19+,20+,21+,22-/m1/s1. The van der Waals surface area contributed by atoms with Gasteiger partial charge in [0.1, 0.15) is 0 Å². The van der Waals surface area contributed by atoms with Crippen LogP contribution in [0.15, 0.2) is 11.8 Å². The van der Waals surface area contributed by atoms with Gasteiger partial charge in [-0.25, -0.2) is 0 Å². The van der Waals surface area contributed by atoms with Crippen molar-refractivity contribution in [2.24, 2.45) is 11.8 Å². The number of hydrogen-bond acceptors (Lipinski definition) is 3. The van der Waals surface area contributed by atoms with Crippen molar-refractivity contribution in [2.45, 2.75) is 82.8 Å². The first-order valence-corrected chi connectivity index (χ1v) is 11.2. The molecule has 1 amide bonds. The highest BCUT2D eigenvalue weighted by molar-refractivity contribution is 5.74. The lowest BCUT2D eigenvalue weighted by Crippen LogP contribution is -2.67. The summed E-state index contributed by atoms with van der Waals surface area (Å²) in [6.07, 6.45) is 14.4. The average Bonchev–Trinajstić information content (AvgIpc) is 2.68. The lowest BCUT2D eigenvalue weighted by atomic mass is 9.65. The molecule has 4 heteroatoms. The van der Waals surface area contributed by atoms with Gasteiger partial charge in [0.15, 0.2) is 0 Å². The topological polar surface area (TPSA) is 26.8 Å². The molecule has 4 saturated heterocycles. The quantitative estimate of drug-likeness (QED) is 0.721. The van der Waals surface area contributed by atoms with Gasteiger partial charge < -0.3 is 4.90 Å². The first-order chi connectivity index (χ1) is 12.7. The maximum absolute atomic E-state index is 12.0. The van der Waals surface area contributed by atoms with Crippen LogP contribution in [-0.4, -0.2) is 64.9 Å². The zero-order chi connectivity index (χ0) is 17.7. The van der Waals surface area contributed by atoms with Crippen LogP contribution in [0.2, 0.25) is 0 Å². The van der Waals surface area contributed by atoms with Crippen molar-refractivity contribution < 1.29 is 4.79 Å². The first kappa shape index (κ1) is 17.2. The van der Waals surface area contributed by atoms with Crippen LogP contribution in [-0.2, 0) is 4.79 Å². The van der Waals surface area contributed by atoms with Gasteiger partial charge in [0, 0.05) is 44.3 Å². The largest absolute Gasteiger partial charge is 0.319 e. The Morgan fingerprint density at radius 3 is 2.65 bits per heavy atom. The van der Waals surface area contributed by atoms with Crippen molar-refractivity contribution in [3.63, 3.8) is 0 Å². The molecule has 4 nitrogen and oxygen atoms in total. The Kier molecular flexibility index (Phi) is 4.60. The Bertz CT molecular complexity index is 586. The zero-order valence-electron chi connectivity index (χ0n) is 16.4. The van der Waals surface area contributed by atoms with Gasteiger partial charge in [0.25, 0.3) is 0 Å². The van der Waals surface area contributed by atoms with Crippen LogP contribution in [0.25, 0.3) is 0 Å². The molecule has 0 saturated carbocycles. The number of nitrogens with zero attached hydrogens (tertiary/aromatic N) is 3. The Balaban J connectivity index is 1.51. The van der Waals surface area contributed by atoms with Crippen LogP contribution in [0.4, 0.5) is 0 Å². The van der Waals surface area contributed by atoms with E-state index in [9.17, 15) is 4.79 Å². The summed E-state index contributed by atoms with van der Waals surface area (Å²) >= 11 is 0. The predicted octanol–water partition coefficient (Wildman–Crippen LogP) is 3.24. The predicted molar refractivity (Wildman–Crippen MR) is 104 cm³/mol. The van der Waals surface area contributed by atoms with E-state index in [1.807, 2.05) is 4.90 Å². The molecule has 0 N–H and O–H groups in total. The van der Waals surface area contributed by atoms with E-state index in [0.29, 0.717) is 6.04 Å². The molecule has 5 aliphatic rings. The van der Waals surface area contributed by atoms with E-state index >= 15 is 0 Å². The van der Waals surface area contributed by atoms with E-state index in [1.54, 1.807) is 12.5 Å². The maximum Gasteiger partial charge on any atom is 0.223 e. The zero-order valence-corrected chi connectivity index (χ0v) is 16.4. The molecule has 0 aromatic rings. The minimum Gasteiger partial charge on any atom is -0.319 e. The van der Waals surface area contributed by atoms with E-state index < -0.39 is 0 Å². The molecular weight excluding hydrogens is 322 g/mol. The molecule has 5 atom stereocenters. The number of carbonyl (C=O) groups is 1. The second kappa shape index (κ2) is 6.94. The van der Waals surface area contributed by atoms with E-state index in [-0.39, 0.29) is 5.91 Å². The number of rotatable bonds is 1. The van der Waals surface area contributed by atoms with Crippen LogP contribution in [0.5, 0.6) is 0 Å². The van der Waals surface area contributed by atoms with Crippen LogP contribution >= 0.6 is 0 Å². The molecule has 0 aliphatic carbocycles. The SMILES string of the molecule is CC(=O)N1C=C([C@@H]2[C@H]3C[C@H](CN4CCCC[C@@H]34)[C@@H]3CCCCN23)CCC1. The van der Waals surface area contributed by atoms with Crippen LogP contribution in [0, 0.1) is 11.8 Å². The van der Waals surface area contributed by atoms with E-state index in [2.05, 4.69) is 16.0 Å². The van der Waals surface area contributed by atoms with Crippen molar-refractivity contribution >= 4 is 5.91 Å². The molecule has 0 spiro atoms. The number of piperidine rings is 4. The molecule has 5 aliphatic heterocycles. The van der Waals surface area contributed by atoms with Crippen molar-refractivity contribution in [2.75, 3.05) is 26.2 Å². The average molecular weight is 358 g/mol. The number of hydrogen-bond donors (Lipinski definition) is 0. The monoisotopic (exact) mass is 357 g/mol. The summed E-state index contributed by atoms with van der Waals surface area (Å²) in [4.78, 5) is 19.8. The van der Waals surface area contributed by atoms with Crippen molar-refractivity contribution in [1.29, 1.82) is 0 Å². The molecule has 0 unspecified atom stereocenters. The lowest BCUT2D eigenvalue weighted by Gasteiger charge is -2.61. The number of amides is 1. The fourth-order valence-electron chi connectivity index (χ4n) is 7.05. The minimum absolute atomic E-state index is 0.217. The van der Waals surface area contributed by atoms with Gasteiger partial charge in [-0.05, 0) is 75.4 Å². The summed E-state index contributed by atoms with van der Waals surface area (Å²) in [7, 11) is 0. The first-order valence-electron chi connectivity index (χ1n) is 11.2. The van der Waals surface area contributed by atoms with E-state index in [0.717, 1.165) is 36.9 Å². The maximum atomic E-state index is 12.0. The highest BCUT2D eigenvalue weighted by Gasteiger charge is 2.52. The molecule has 5 heterocycles. The summed E-state index contributed by atoms with van der Waals surface area (Å²) in [6, 6.07) is 2.19. The van der Waals surface area contributed by atoms with Crippen molar-refractivity contribution in [3.8, 4) is 0 Å². The highest BCUT2D eigenvalue weighted by atomic mass is 16.2. The van der Waals surface area contributed by atoms with Gasteiger partial charge in [0.2, 0.25) is 5.91 Å². The lowest BCUT2D eigenvalue weighted by molar-refractivity contribution is -0.127. The molecule has 144 valence electrons. The van der Waals surface area contributed by atoms with Gasteiger partial charge in [-0.3, -0.25) is 14.6 Å². The second-order valence-corrected chi connectivity index (χ2v) is 9.48. The third-order valence-electron chi connectivity index (χ3n) is 8.07. The Hall–Kier alpha value is -0.870. The Morgan fingerprint density at radius 2 is 1.81 bits per heavy atom. The number of fused-ring (bicyclic) bond motifs is 6. The third-order valence-corrected chi connectivity index (χ3v) is 8.07. The summed E-state index contributed by atoms with van der Waals surface area (Å²) < 4.78 is 0. The van der Waals surface area contributed by atoms with Gasteiger partial charge in [-0.1, -0.05) is 12.8 Å². The smallest absolute Gasteiger partial charge is 0.223 e. The molecule has 0 aromatic carbocycles. The van der Waals surface area contributed by atoms with Crippen molar-refractivity contribution in [3.05, 3.63) is 11.8 Å². The molecule has 5 rings (SSSR count). The van der Waals surface area contributed by atoms with Crippen LogP contribution in [0.1, 0.15) is 64.7 Å². The van der Waals surface area contributed by atoms with Gasteiger partial charge >= 0.3 is 0 Å². The Labute approximate surface area is 158 Å². The van der Waals surface area contributed by atoms with Gasteiger partial charge in [-0.2, -0.15) is 0 Å². The summed E-state index contributed by atoms with van der Waals surface area (Å²) in [5, 5.41) is 0. The van der Waals surface area contributed by atoms with Gasteiger partial charge in [-0.15, -0.1) is 0 Å². The fraction of sp³-hybridized carbons (Fsp3) is 0.864. The molecule has 2 bridgehead atoms. The molecular formula is C22H35N3O. The molecule has 0 aromatic heterocycles. The number of carbonyl (C=O) groups excluding carboxylic acids is 1. The summed E-state index contributed by atoms with van der Waals surface area (Å²) in [5.41, 5.74) is 1.58. The minimum atomic E-state index is 0.217. The van der Waals surface area contributed by atoms with Crippen LogP contribution in [0.3, 0.4) is 0 Å². The van der Waals surface area contributed by atoms with Crippen LogP contribution < -0.4 is 0 Å². The third kappa shape index (κ3) is 2.84. The van der Waals surface area contributed by atoms with Gasteiger partial charge in [0.05, 0.1) is 0 Å². The normalized spacial score (nSPS) is 41.2. The summed E-state index contributed by atoms with van der Waals surface area (Å²) in [6.45, 7) is 6.61.